The highest BCUT2D eigenvalue weighted by Crippen LogP contribution is 2.31. The van der Waals surface area contributed by atoms with Gasteiger partial charge < -0.3 is 20.4 Å². The highest BCUT2D eigenvalue weighted by Gasteiger charge is 2.39. The number of hydrogen-bond donors (Lipinski definition) is 2. The third-order valence-corrected chi connectivity index (χ3v) is 7.65. The van der Waals surface area contributed by atoms with Crippen molar-refractivity contribution >= 4 is 23.5 Å². The topological polar surface area (TPSA) is 81.8 Å². The van der Waals surface area contributed by atoms with Gasteiger partial charge in [0, 0.05) is 24.3 Å². The summed E-state index contributed by atoms with van der Waals surface area (Å²) in [6.07, 6.45) is -1.87. The van der Waals surface area contributed by atoms with E-state index in [0.29, 0.717) is 5.56 Å². The van der Waals surface area contributed by atoms with Crippen LogP contribution in [0.2, 0.25) is 0 Å². The molecular formula is C31H31F3N4O3. The Labute approximate surface area is 236 Å². The van der Waals surface area contributed by atoms with Crippen LogP contribution in [0.3, 0.4) is 0 Å². The molecule has 1 fully saturated rings. The van der Waals surface area contributed by atoms with E-state index in [2.05, 4.69) is 16.7 Å². The Kier molecular flexibility index (Phi) is 8.01. The lowest BCUT2D eigenvalue weighted by Gasteiger charge is -2.41. The molecule has 2 atom stereocenters. The first kappa shape index (κ1) is 28.2. The number of benzene rings is 3. The van der Waals surface area contributed by atoms with Crippen LogP contribution in [0.5, 0.6) is 0 Å². The van der Waals surface area contributed by atoms with Crippen molar-refractivity contribution in [1.82, 2.24) is 15.1 Å². The van der Waals surface area contributed by atoms with Crippen LogP contribution in [0, 0.1) is 6.92 Å². The number of aryl methyl sites for hydroxylation is 2. The number of amides is 4. The third-order valence-electron chi connectivity index (χ3n) is 7.65. The Hall–Kier alpha value is -4.34. The van der Waals surface area contributed by atoms with Gasteiger partial charge >= 0.3 is 12.2 Å². The Morgan fingerprint density at radius 2 is 1.68 bits per heavy atom. The zero-order valence-corrected chi connectivity index (χ0v) is 22.6. The third kappa shape index (κ3) is 6.37. The van der Waals surface area contributed by atoms with E-state index in [1.165, 1.54) is 27.5 Å². The number of carbonyl (C=O) groups is 3. The fourth-order valence-electron chi connectivity index (χ4n) is 5.50. The monoisotopic (exact) mass is 564 g/mol. The predicted molar refractivity (Wildman–Crippen MR) is 148 cm³/mol. The number of fused-ring (bicyclic) bond motifs is 1. The summed E-state index contributed by atoms with van der Waals surface area (Å²) >= 11 is 0. The summed E-state index contributed by atoms with van der Waals surface area (Å²) in [6, 6.07) is 17.5. The molecule has 2 unspecified atom stereocenters. The van der Waals surface area contributed by atoms with Crippen LogP contribution < -0.4 is 10.6 Å². The maximum atomic E-state index is 13.8. The Morgan fingerprint density at radius 1 is 0.927 bits per heavy atom. The van der Waals surface area contributed by atoms with E-state index in [4.69, 9.17) is 0 Å². The molecule has 41 heavy (non-hydrogen) atoms. The van der Waals surface area contributed by atoms with E-state index >= 15 is 0 Å². The maximum Gasteiger partial charge on any atom is 0.416 e. The van der Waals surface area contributed by atoms with E-state index in [0.717, 1.165) is 42.5 Å². The number of nitrogens with one attached hydrogen (secondary N) is 2. The zero-order valence-electron chi connectivity index (χ0n) is 22.6. The average Bonchev–Trinajstić information content (AvgIpc) is 2.96. The smallest absolute Gasteiger partial charge is 0.347 e. The molecule has 0 spiro atoms. The van der Waals surface area contributed by atoms with Crippen molar-refractivity contribution in [2.75, 3.05) is 25.0 Å². The molecule has 0 saturated carbocycles. The summed E-state index contributed by atoms with van der Waals surface area (Å²) in [6.45, 7) is 2.09. The van der Waals surface area contributed by atoms with Crippen LogP contribution in [-0.2, 0) is 17.4 Å². The average molecular weight is 565 g/mol. The number of carbonyl (C=O) groups excluding carboxylic acids is 3. The minimum Gasteiger partial charge on any atom is -0.347 e. The first-order valence-corrected chi connectivity index (χ1v) is 13.6. The molecule has 4 amide bonds. The van der Waals surface area contributed by atoms with Crippen molar-refractivity contribution in [2.24, 2.45) is 0 Å². The van der Waals surface area contributed by atoms with Gasteiger partial charge in [-0.2, -0.15) is 13.2 Å². The molecule has 1 heterocycles. The molecule has 3 aromatic carbocycles. The first-order valence-electron chi connectivity index (χ1n) is 13.6. The van der Waals surface area contributed by atoms with Crippen LogP contribution >= 0.6 is 0 Å². The zero-order chi connectivity index (χ0) is 29.1. The fraction of sp³-hybridized carbons (Fsp3) is 0.323. The van der Waals surface area contributed by atoms with Gasteiger partial charge in [-0.05, 0) is 73.7 Å². The van der Waals surface area contributed by atoms with Gasteiger partial charge in [0.2, 0.25) is 5.91 Å². The van der Waals surface area contributed by atoms with Crippen LogP contribution in [0.1, 0.15) is 51.5 Å². The number of hydrogen-bond acceptors (Lipinski definition) is 3. The molecule has 3 aromatic rings. The van der Waals surface area contributed by atoms with Crippen molar-refractivity contribution in [3.8, 4) is 0 Å². The molecule has 2 aliphatic rings. The number of rotatable bonds is 4. The SMILES string of the molecule is Cc1cccc(C(=O)N2CCN(C(=O)Nc3ccc(C(F)(F)F)cc3)CC2C(=O)NC2CCCc3ccccc32)c1. The summed E-state index contributed by atoms with van der Waals surface area (Å²) in [5, 5.41) is 5.74. The van der Waals surface area contributed by atoms with E-state index in [9.17, 15) is 27.6 Å². The van der Waals surface area contributed by atoms with Crippen LogP contribution in [0.25, 0.3) is 0 Å². The lowest BCUT2D eigenvalue weighted by Crippen LogP contribution is -2.62. The number of anilines is 1. The molecule has 1 aliphatic heterocycles. The van der Waals surface area contributed by atoms with Gasteiger partial charge in [0.25, 0.3) is 5.91 Å². The summed E-state index contributed by atoms with van der Waals surface area (Å²) in [5.41, 5.74) is 2.97. The van der Waals surface area contributed by atoms with Crippen molar-refractivity contribution in [3.05, 3.63) is 101 Å². The standard InChI is InChI=1S/C31H31F3N4O3/c1-20-6-4-9-22(18-20)29(40)38-17-16-37(30(41)35-24-14-12-23(13-15-24)31(32,33)34)19-27(38)28(39)36-26-11-5-8-21-7-2-3-10-25(21)26/h2-4,6-7,9-10,12-15,18,26-27H,5,8,11,16-17,19H2,1H3,(H,35,41)(H,36,39). The van der Waals surface area contributed by atoms with Gasteiger partial charge in [0.05, 0.1) is 18.2 Å². The number of nitrogens with zero attached hydrogens (tertiary/aromatic N) is 2. The van der Waals surface area contributed by atoms with E-state index in [1.54, 1.807) is 18.2 Å². The second kappa shape index (κ2) is 11.6. The molecule has 214 valence electrons. The number of urea groups is 1. The van der Waals surface area contributed by atoms with Gasteiger partial charge in [-0.1, -0.05) is 42.0 Å². The molecule has 1 saturated heterocycles. The van der Waals surface area contributed by atoms with E-state index in [-0.39, 0.29) is 43.2 Å². The minimum atomic E-state index is -4.48. The predicted octanol–water partition coefficient (Wildman–Crippen LogP) is 5.57. The molecule has 0 radical (unpaired) electrons. The number of piperazine rings is 1. The number of alkyl halides is 3. The molecule has 5 rings (SSSR count). The first-order chi connectivity index (χ1) is 19.6. The normalized spacial score (nSPS) is 18.8. The molecule has 1 aliphatic carbocycles. The van der Waals surface area contributed by atoms with Gasteiger partial charge in [0.15, 0.2) is 0 Å². The fourth-order valence-corrected chi connectivity index (χ4v) is 5.50. The Bertz CT molecular complexity index is 1440. The summed E-state index contributed by atoms with van der Waals surface area (Å²) in [7, 11) is 0. The van der Waals surface area contributed by atoms with Gasteiger partial charge in [-0.25, -0.2) is 4.79 Å². The molecule has 2 N–H and O–H groups in total. The molecule has 7 nitrogen and oxygen atoms in total. The summed E-state index contributed by atoms with van der Waals surface area (Å²) in [5.74, 6) is -0.666. The molecule has 10 heteroatoms. The van der Waals surface area contributed by atoms with Gasteiger partial charge in [-0.15, -0.1) is 0 Å². The lowest BCUT2D eigenvalue weighted by molar-refractivity contribution is -0.137. The van der Waals surface area contributed by atoms with Gasteiger partial charge in [0.1, 0.15) is 6.04 Å². The van der Waals surface area contributed by atoms with Crippen LogP contribution in [0.4, 0.5) is 23.7 Å². The summed E-state index contributed by atoms with van der Waals surface area (Å²) in [4.78, 5) is 43.4. The van der Waals surface area contributed by atoms with Crippen molar-refractivity contribution < 1.29 is 27.6 Å². The van der Waals surface area contributed by atoms with Crippen molar-refractivity contribution in [3.63, 3.8) is 0 Å². The lowest BCUT2D eigenvalue weighted by atomic mass is 9.87. The van der Waals surface area contributed by atoms with Crippen molar-refractivity contribution in [2.45, 2.75) is 44.4 Å². The van der Waals surface area contributed by atoms with Crippen LogP contribution in [0.15, 0.2) is 72.8 Å². The van der Waals surface area contributed by atoms with Gasteiger partial charge in [-0.3, -0.25) is 9.59 Å². The van der Waals surface area contributed by atoms with Crippen LogP contribution in [-0.4, -0.2) is 53.3 Å². The molecule has 0 aromatic heterocycles. The number of halogens is 3. The largest absolute Gasteiger partial charge is 0.416 e. The highest BCUT2D eigenvalue weighted by atomic mass is 19.4. The Balaban J connectivity index is 1.35. The second-order valence-corrected chi connectivity index (χ2v) is 10.5. The molecular weight excluding hydrogens is 533 g/mol. The maximum absolute atomic E-state index is 13.8. The minimum absolute atomic E-state index is 0.0653. The second-order valence-electron chi connectivity index (χ2n) is 10.5. The Morgan fingerprint density at radius 3 is 2.41 bits per heavy atom. The van der Waals surface area contributed by atoms with E-state index in [1.807, 2.05) is 31.2 Å². The molecule has 0 bridgehead atoms. The summed E-state index contributed by atoms with van der Waals surface area (Å²) < 4.78 is 38.8. The van der Waals surface area contributed by atoms with E-state index < -0.39 is 23.8 Å². The quantitative estimate of drug-likeness (QED) is 0.435. The van der Waals surface area contributed by atoms with Crippen molar-refractivity contribution in [1.29, 1.82) is 0 Å². The highest BCUT2D eigenvalue weighted by molar-refractivity contribution is 5.98.